The minimum Gasteiger partial charge on any atom is -0.381 e. The van der Waals surface area contributed by atoms with Gasteiger partial charge in [-0.15, -0.1) is 4.98 Å². The van der Waals surface area contributed by atoms with Crippen LogP contribution in [0.3, 0.4) is 0 Å². The zero-order valence-electron chi connectivity index (χ0n) is 14.0. The number of carbonyl (C=O) groups is 1. The third kappa shape index (κ3) is 3.52. The summed E-state index contributed by atoms with van der Waals surface area (Å²) in [5.74, 6) is 0.806. The molecule has 126 valence electrons. The molecule has 1 aromatic carbocycles. The maximum absolute atomic E-state index is 11.3. The predicted octanol–water partition coefficient (Wildman–Crippen LogP) is 1.27. The molecule has 0 bridgehead atoms. The molecule has 7 heteroatoms. The number of amides is 1. The van der Waals surface area contributed by atoms with E-state index in [1.165, 1.54) is 6.92 Å². The quantitative estimate of drug-likeness (QED) is 0.617. The molecule has 1 amide bonds. The van der Waals surface area contributed by atoms with Gasteiger partial charge in [-0.2, -0.15) is 0 Å². The van der Waals surface area contributed by atoms with E-state index in [1.54, 1.807) is 11.4 Å². The molecule has 2 N–H and O–H groups in total. The molecule has 0 saturated heterocycles. The molecule has 1 aromatic heterocycles. The van der Waals surface area contributed by atoms with Gasteiger partial charge < -0.3 is 4.74 Å². The van der Waals surface area contributed by atoms with Gasteiger partial charge in [-0.3, -0.25) is 10.2 Å². The second-order valence-electron chi connectivity index (χ2n) is 5.55. The fourth-order valence-electron chi connectivity index (χ4n) is 2.76. The van der Waals surface area contributed by atoms with Crippen LogP contribution in [0.1, 0.15) is 19.4 Å². The van der Waals surface area contributed by atoms with Gasteiger partial charge in [-0.25, -0.2) is 9.99 Å². The summed E-state index contributed by atoms with van der Waals surface area (Å²) in [6.45, 7) is 5.27. The Morgan fingerprint density at radius 3 is 2.92 bits per heavy atom. The topological polar surface area (TPSA) is 70.4 Å². The molecule has 0 unspecified atom stereocenters. The Morgan fingerprint density at radius 2 is 2.21 bits per heavy atom. The number of rotatable bonds is 6. The maximum atomic E-state index is 11.3. The van der Waals surface area contributed by atoms with Crippen LogP contribution in [0.2, 0.25) is 0 Å². The minimum atomic E-state index is -0.122. The number of ether oxygens (including phenoxy) is 1. The normalized spacial score (nSPS) is 13.4. The number of hydrogen-bond donors (Lipinski definition) is 2. The molecule has 0 aliphatic carbocycles. The summed E-state index contributed by atoms with van der Waals surface area (Å²) in [7, 11) is 0. The van der Waals surface area contributed by atoms with Gasteiger partial charge >= 0.3 is 0 Å². The van der Waals surface area contributed by atoms with E-state index in [0.717, 1.165) is 29.1 Å². The summed E-state index contributed by atoms with van der Waals surface area (Å²) in [4.78, 5) is 15.9. The number of hydrazine groups is 2. The Bertz CT molecular complexity index is 720. The van der Waals surface area contributed by atoms with Gasteiger partial charge in [-0.05, 0) is 12.0 Å². The van der Waals surface area contributed by atoms with Crippen LogP contribution in [0.5, 0.6) is 0 Å². The number of fused-ring (bicyclic) bond motifs is 1. The van der Waals surface area contributed by atoms with Crippen molar-refractivity contribution in [1.29, 1.82) is 0 Å². The zero-order chi connectivity index (χ0) is 16.9. The summed E-state index contributed by atoms with van der Waals surface area (Å²) in [5, 5.41) is 1.65. The maximum Gasteiger partial charge on any atom is 0.248 e. The van der Waals surface area contributed by atoms with Crippen molar-refractivity contribution in [2.45, 2.75) is 26.9 Å². The molecule has 1 aliphatic rings. The standard InChI is InChI=1S/C17H21N5O2/c1-3-24-10-9-15-16(14-7-5-4-6-8-14)18-11-21-12-22(19-13(2)23)20-17(15)21/h4-8,11H,3,9-10,12H2,1-2H3,(H,19,23)/p+1. The van der Waals surface area contributed by atoms with Crippen molar-refractivity contribution < 1.29 is 14.1 Å². The van der Waals surface area contributed by atoms with E-state index >= 15 is 0 Å². The molecule has 0 spiro atoms. The van der Waals surface area contributed by atoms with E-state index < -0.39 is 0 Å². The van der Waals surface area contributed by atoms with E-state index in [1.807, 2.05) is 41.8 Å². The summed E-state index contributed by atoms with van der Waals surface area (Å²) < 4.78 is 7.51. The van der Waals surface area contributed by atoms with Crippen LogP contribution in [-0.2, 0) is 22.6 Å². The first-order chi connectivity index (χ1) is 11.7. The van der Waals surface area contributed by atoms with E-state index in [2.05, 4.69) is 15.8 Å². The molecule has 0 saturated carbocycles. The van der Waals surface area contributed by atoms with Crippen molar-refractivity contribution >= 4 is 11.7 Å². The summed E-state index contributed by atoms with van der Waals surface area (Å²) in [5.41, 5.74) is 9.05. The molecule has 3 rings (SSSR count). The Kier molecular flexibility index (Phi) is 5.02. The van der Waals surface area contributed by atoms with Crippen molar-refractivity contribution in [3.8, 4) is 11.3 Å². The average molecular weight is 328 g/mol. The van der Waals surface area contributed by atoms with E-state index in [0.29, 0.717) is 19.9 Å². The first-order valence-electron chi connectivity index (χ1n) is 8.05. The Balaban J connectivity index is 1.95. The predicted molar refractivity (Wildman–Crippen MR) is 89.3 cm³/mol. The summed E-state index contributed by atoms with van der Waals surface area (Å²) >= 11 is 0. The molecule has 0 atom stereocenters. The van der Waals surface area contributed by atoms with E-state index in [9.17, 15) is 4.79 Å². The fraction of sp³-hybridized carbons (Fsp3) is 0.353. The molecule has 24 heavy (non-hydrogen) atoms. The number of carbonyl (C=O) groups excluding carboxylic acids is 1. The first kappa shape index (κ1) is 16.4. The zero-order valence-corrected chi connectivity index (χ0v) is 14.0. The van der Waals surface area contributed by atoms with Crippen LogP contribution in [0.25, 0.3) is 11.3 Å². The molecule has 0 fully saturated rings. The lowest BCUT2D eigenvalue weighted by atomic mass is 10.0. The van der Waals surface area contributed by atoms with Crippen LogP contribution >= 0.6 is 0 Å². The Morgan fingerprint density at radius 1 is 1.42 bits per heavy atom. The SMILES string of the molecule is CCOCCc1c(-c2ccccc2)nc[n+]2c1NN(NC(C)=O)C2. The molecule has 0 radical (unpaired) electrons. The van der Waals surface area contributed by atoms with Gasteiger partial charge in [0.2, 0.25) is 18.1 Å². The highest BCUT2D eigenvalue weighted by atomic mass is 16.5. The van der Waals surface area contributed by atoms with Crippen molar-refractivity contribution in [3.63, 3.8) is 0 Å². The lowest BCUT2D eigenvalue weighted by Gasteiger charge is -2.11. The highest BCUT2D eigenvalue weighted by Crippen LogP contribution is 2.27. The molecular weight excluding hydrogens is 306 g/mol. The number of benzene rings is 1. The van der Waals surface area contributed by atoms with E-state index in [-0.39, 0.29) is 5.91 Å². The molecule has 7 nitrogen and oxygen atoms in total. The number of nitrogens with zero attached hydrogens (tertiary/aromatic N) is 3. The highest BCUT2D eigenvalue weighted by Gasteiger charge is 2.30. The highest BCUT2D eigenvalue weighted by molar-refractivity contribution is 5.72. The van der Waals surface area contributed by atoms with Crippen LogP contribution in [-0.4, -0.2) is 29.2 Å². The lowest BCUT2D eigenvalue weighted by Crippen LogP contribution is -2.45. The Hall–Kier alpha value is -2.51. The second kappa shape index (κ2) is 7.37. The number of anilines is 1. The fourth-order valence-corrected chi connectivity index (χ4v) is 2.76. The first-order valence-corrected chi connectivity index (χ1v) is 8.05. The smallest absolute Gasteiger partial charge is 0.248 e. The average Bonchev–Trinajstić information content (AvgIpc) is 2.98. The Labute approximate surface area is 141 Å². The second-order valence-corrected chi connectivity index (χ2v) is 5.55. The monoisotopic (exact) mass is 328 g/mol. The van der Waals surface area contributed by atoms with Crippen LogP contribution in [0, 0.1) is 0 Å². The molecule has 1 aliphatic heterocycles. The van der Waals surface area contributed by atoms with Crippen LogP contribution < -0.4 is 15.4 Å². The van der Waals surface area contributed by atoms with Gasteiger partial charge in [0, 0.05) is 25.5 Å². The largest absolute Gasteiger partial charge is 0.381 e. The van der Waals surface area contributed by atoms with Gasteiger partial charge in [0.1, 0.15) is 0 Å². The van der Waals surface area contributed by atoms with Crippen molar-refractivity contribution in [1.82, 2.24) is 15.5 Å². The summed E-state index contributed by atoms with van der Waals surface area (Å²) in [6.07, 6.45) is 2.53. The number of nitrogens with one attached hydrogen (secondary N) is 2. The molecular formula is C17H22N5O2+. The third-order valence-electron chi connectivity index (χ3n) is 3.76. The third-order valence-corrected chi connectivity index (χ3v) is 3.76. The van der Waals surface area contributed by atoms with Crippen molar-refractivity contribution in [3.05, 3.63) is 42.2 Å². The van der Waals surface area contributed by atoms with Gasteiger partial charge in [0.25, 0.3) is 0 Å². The van der Waals surface area contributed by atoms with Crippen LogP contribution in [0.15, 0.2) is 36.7 Å². The molecule has 2 aromatic rings. The number of aromatic nitrogens is 2. The van der Waals surface area contributed by atoms with E-state index in [4.69, 9.17) is 4.74 Å². The van der Waals surface area contributed by atoms with Gasteiger partial charge in [0.15, 0.2) is 12.4 Å². The molecule has 2 heterocycles. The summed E-state index contributed by atoms with van der Waals surface area (Å²) in [6, 6.07) is 10.1. The van der Waals surface area contributed by atoms with Crippen molar-refractivity contribution in [2.24, 2.45) is 0 Å². The minimum absolute atomic E-state index is 0.122. The van der Waals surface area contributed by atoms with Gasteiger partial charge in [0.05, 0.1) is 12.2 Å². The van der Waals surface area contributed by atoms with Crippen molar-refractivity contribution in [2.75, 3.05) is 18.6 Å². The van der Waals surface area contributed by atoms with Crippen LogP contribution in [0.4, 0.5) is 5.82 Å². The lowest BCUT2D eigenvalue weighted by molar-refractivity contribution is -0.690. The number of hydrogen-bond acceptors (Lipinski definition) is 5. The van der Waals surface area contributed by atoms with Gasteiger partial charge in [-0.1, -0.05) is 30.3 Å².